The maximum Gasteiger partial charge on any atom is 0.0613 e. The highest BCUT2D eigenvalue weighted by Gasteiger charge is 2.35. The van der Waals surface area contributed by atoms with Crippen LogP contribution in [0, 0.1) is 6.92 Å². The van der Waals surface area contributed by atoms with E-state index in [1.807, 2.05) is 11.8 Å². The van der Waals surface area contributed by atoms with Crippen molar-refractivity contribution in [1.29, 1.82) is 0 Å². The van der Waals surface area contributed by atoms with E-state index < -0.39 is 0 Å². The third-order valence-electron chi connectivity index (χ3n) is 4.18. The number of aryl methyl sites for hydroxylation is 1. The van der Waals surface area contributed by atoms with Crippen LogP contribution in [0.2, 0.25) is 0 Å². The van der Waals surface area contributed by atoms with Crippen molar-refractivity contribution in [3.8, 4) is 0 Å². The SMILES string of the molecule is CCCNC1(CO)CCCC(Sc2ccc(C)cc2)C1. The average Bonchev–Trinajstić information content (AvgIpc) is 2.48. The van der Waals surface area contributed by atoms with E-state index in [0.29, 0.717) is 5.25 Å². The second kappa shape index (κ2) is 7.48. The molecule has 2 N–H and O–H groups in total. The van der Waals surface area contributed by atoms with E-state index in [0.717, 1.165) is 25.8 Å². The van der Waals surface area contributed by atoms with Crippen molar-refractivity contribution in [2.45, 2.75) is 61.6 Å². The number of hydrogen-bond acceptors (Lipinski definition) is 3. The molecule has 1 aliphatic rings. The van der Waals surface area contributed by atoms with Crippen molar-refractivity contribution in [2.75, 3.05) is 13.2 Å². The largest absolute Gasteiger partial charge is 0.394 e. The van der Waals surface area contributed by atoms with Crippen molar-refractivity contribution in [1.82, 2.24) is 5.32 Å². The van der Waals surface area contributed by atoms with Gasteiger partial charge in [-0.25, -0.2) is 0 Å². The van der Waals surface area contributed by atoms with Gasteiger partial charge < -0.3 is 10.4 Å². The minimum absolute atomic E-state index is 0.0450. The summed E-state index contributed by atoms with van der Waals surface area (Å²) in [5.41, 5.74) is 1.27. The monoisotopic (exact) mass is 293 g/mol. The Labute approximate surface area is 127 Å². The fourth-order valence-electron chi connectivity index (χ4n) is 2.97. The summed E-state index contributed by atoms with van der Waals surface area (Å²) in [6.07, 6.45) is 5.77. The zero-order chi connectivity index (χ0) is 14.4. The Hall–Kier alpha value is -0.510. The second-order valence-electron chi connectivity index (χ2n) is 6.01. The molecule has 0 bridgehead atoms. The second-order valence-corrected chi connectivity index (χ2v) is 7.39. The highest BCUT2D eigenvalue weighted by atomic mass is 32.2. The average molecular weight is 293 g/mol. The minimum atomic E-state index is -0.0450. The van der Waals surface area contributed by atoms with Crippen LogP contribution in [-0.4, -0.2) is 29.0 Å². The summed E-state index contributed by atoms with van der Waals surface area (Å²) in [5, 5.41) is 14.0. The molecular formula is C17H27NOS. The van der Waals surface area contributed by atoms with Crippen LogP contribution in [-0.2, 0) is 0 Å². The number of hydrogen-bond donors (Lipinski definition) is 2. The van der Waals surface area contributed by atoms with Gasteiger partial charge in [-0.1, -0.05) is 31.0 Å². The van der Waals surface area contributed by atoms with Crippen LogP contribution >= 0.6 is 11.8 Å². The molecular weight excluding hydrogens is 266 g/mol. The molecule has 1 aromatic rings. The number of rotatable bonds is 6. The molecule has 2 unspecified atom stereocenters. The fourth-order valence-corrected chi connectivity index (χ4v) is 4.33. The van der Waals surface area contributed by atoms with E-state index in [-0.39, 0.29) is 12.1 Å². The zero-order valence-corrected chi connectivity index (χ0v) is 13.5. The van der Waals surface area contributed by atoms with E-state index in [1.54, 1.807) is 0 Å². The van der Waals surface area contributed by atoms with Gasteiger partial charge in [0.25, 0.3) is 0 Å². The van der Waals surface area contributed by atoms with Gasteiger partial charge in [-0.15, -0.1) is 11.8 Å². The standard InChI is InChI=1S/C17H27NOS/c1-3-11-18-17(13-19)10-4-5-16(12-17)20-15-8-6-14(2)7-9-15/h6-9,16,18-19H,3-5,10-13H2,1-2H3. The van der Waals surface area contributed by atoms with Gasteiger partial charge >= 0.3 is 0 Å². The first kappa shape index (κ1) is 15.9. The maximum absolute atomic E-state index is 9.82. The van der Waals surface area contributed by atoms with E-state index >= 15 is 0 Å². The number of benzene rings is 1. The minimum Gasteiger partial charge on any atom is -0.394 e. The lowest BCUT2D eigenvalue weighted by Gasteiger charge is -2.40. The molecule has 112 valence electrons. The van der Waals surface area contributed by atoms with Crippen molar-refractivity contribution >= 4 is 11.8 Å². The predicted molar refractivity (Wildman–Crippen MR) is 87.4 cm³/mol. The molecule has 1 aliphatic carbocycles. The molecule has 0 aromatic heterocycles. The molecule has 1 fully saturated rings. The van der Waals surface area contributed by atoms with Crippen molar-refractivity contribution < 1.29 is 5.11 Å². The Morgan fingerprint density at radius 1 is 1.35 bits per heavy atom. The molecule has 0 spiro atoms. The van der Waals surface area contributed by atoms with E-state index in [4.69, 9.17) is 0 Å². The van der Waals surface area contributed by atoms with E-state index in [2.05, 4.69) is 43.4 Å². The lowest BCUT2D eigenvalue weighted by atomic mass is 9.82. The Kier molecular flexibility index (Phi) is 5.94. The zero-order valence-electron chi connectivity index (χ0n) is 12.7. The van der Waals surface area contributed by atoms with Gasteiger partial charge in [0.05, 0.1) is 6.61 Å². The van der Waals surface area contributed by atoms with Gasteiger partial charge in [0, 0.05) is 15.7 Å². The summed E-state index contributed by atoms with van der Waals surface area (Å²) < 4.78 is 0. The summed E-state index contributed by atoms with van der Waals surface area (Å²) in [6.45, 7) is 5.57. The Morgan fingerprint density at radius 2 is 2.10 bits per heavy atom. The molecule has 0 saturated heterocycles. The molecule has 3 heteroatoms. The number of nitrogens with one attached hydrogen (secondary N) is 1. The van der Waals surface area contributed by atoms with Crippen molar-refractivity contribution in [3.05, 3.63) is 29.8 Å². The lowest BCUT2D eigenvalue weighted by molar-refractivity contribution is 0.124. The van der Waals surface area contributed by atoms with Crippen LogP contribution < -0.4 is 5.32 Å². The third-order valence-corrected chi connectivity index (χ3v) is 5.46. The molecule has 2 nitrogen and oxygen atoms in total. The Balaban J connectivity index is 1.96. The Morgan fingerprint density at radius 3 is 2.75 bits per heavy atom. The number of aliphatic hydroxyl groups excluding tert-OH is 1. The van der Waals surface area contributed by atoms with Crippen LogP contribution in [0.5, 0.6) is 0 Å². The van der Waals surface area contributed by atoms with Crippen LogP contribution in [0.4, 0.5) is 0 Å². The molecule has 1 saturated carbocycles. The van der Waals surface area contributed by atoms with Crippen LogP contribution in [0.25, 0.3) is 0 Å². The Bertz CT molecular complexity index is 406. The summed E-state index contributed by atoms with van der Waals surface area (Å²) in [5.74, 6) is 0. The number of aliphatic hydroxyl groups is 1. The number of thioether (sulfide) groups is 1. The van der Waals surface area contributed by atoms with Gasteiger partial charge in [0.2, 0.25) is 0 Å². The summed E-state index contributed by atoms with van der Waals surface area (Å²) in [4.78, 5) is 1.35. The smallest absolute Gasteiger partial charge is 0.0613 e. The first-order valence-electron chi connectivity index (χ1n) is 7.77. The first-order chi connectivity index (χ1) is 9.67. The highest BCUT2D eigenvalue weighted by molar-refractivity contribution is 8.00. The fraction of sp³-hybridized carbons (Fsp3) is 0.647. The van der Waals surface area contributed by atoms with Gasteiger partial charge in [-0.05, 0) is 51.3 Å². The summed E-state index contributed by atoms with van der Waals surface area (Å²) >= 11 is 1.97. The first-order valence-corrected chi connectivity index (χ1v) is 8.64. The summed E-state index contributed by atoms with van der Waals surface area (Å²) in [6, 6.07) is 8.79. The van der Waals surface area contributed by atoms with Crippen LogP contribution in [0.15, 0.2) is 29.2 Å². The third kappa shape index (κ3) is 4.24. The van der Waals surface area contributed by atoms with Gasteiger partial charge in [0.15, 0.2) is 0 Å². The van der Waals surface area contributed by atoms with Crippen molar-refractivity contribution in [3.63, 3.8) is 0 Å². The quantitative estimate of drug-likeness (QED) is 0.837. The van der Waals surface area contributed by atoms with E-state index in [9.17, 15) is 5.11 Å². The van der Waals surface area contributed by atoms with Crippen LogP contribution in [0.3, 0.4) is 0 Å². The van der Waals surface area contributed by atoms with Gasteiger partial charge in [0.1, 0.15) is 0 Å². The molecule has 1 aromatic carbocycles. The van der Waals surface area contributed by atoms with E-state index in [1.165, 1.54) is 23.3 Å². The normalized spacial score (nSPS) is 26.6. The van der Waals surface area contributed by atoms with Gasteiger partial charge in [-0.3, -0.25) is 0 Å². The highest BCUT2D eigenvalue weighted by Crippen LogP contribution is 2.38. The van der Waals surface area contributed by atoms with Crippen molar-refractivity contribution in [2.24, 2.45) is 0 Å². The molecule has 2 rings (SSSR count). The molecule has 2 atom stereocenters. The maximum atomic E-state index is 9.82. The molecule has 0 aliphatic heterocycles. The van der Waals surface area contributed by atoms with Crippen LogP contribution in [0.1, 0.15) is 44.6 Å². The molecule has 0 amide bonds. The molecule has 0 radical (unpaired) electrons. The summed E-state index contributed by atoms with van der Waals surface area (Å²) in [7, 11) is 0. The lowest BCUT2D eigenvalue weighted by Crippen LogP contribution is -2.52. The van der Waals surface area contributed by atoms with Gasteiger partial charge in [-0.2, -0.15) is 0 Å². The molecule has 0 heterocycles. The predicted octanol–water partition coefficient (Wildman–Crippen LogP) is 3.76. The topological polar surface area (TPSA) is 32.3 Å². The molecule has 20 heavy (non-hydrogen) atoms.